The fourth-order valence-electron chi connectivity index (χ4n) is 2.88. The fraction of sp³-hybridized carbons (Fsp3) is 0.238. The van der Waals surface area contributed by atoms with Crippen molar-refractivity contribution in [3.63, 3.8) is 0 Å². The van der Waals surface area contributed by atoms with Crippen LogP contribution in [0.15, 0.2) is 49.1 Å². The van der Waals surface area contributed by atoms with Gasteiger partial charge in [0.15, 0.2) is 0 Å². The molecular formula is C21H21FN2O3. The van der Waals surface area contributed by atoms with Crippen LogP contribution in [0.4, 0.5) is 4.39 Å². The van der Waals surface area contributed by atoms with Crippen LogP contribution in [0.5, 0.6) is 0 Å². The quantitative estimate of drug-likeness (QED) is 0.738. The maximum absolute atomic E-state index is 14.2. The smallest absolute Gasteiger partial charge is 0.243 e. The van der Waals surface area contributed by atoms with E-state index >= 15 is 0 Å². The molecule has 3 rings (SSSR count). The van der Waals surface area contributed by atoms with Crippen molar-refractivity contribution in [3.8, 4) is 0 Å². The van der Waals surface area contributed by atoms with Crippen molar-refractivity contribution in [2.24, 2.45) is 0 Å². The number of hydrogen-bond acceptors (Lipinski definition) is 3. The molecular weight excluding hydrogens is 347 g/mol. The number of nitrogens with one attached hydrogen (secondary N) is 2. The van der Waals surface area contributed by atoms with Crippen molar-refractivity contribution < 1.29 is 18.7 Å². The standard InChI is InChI=1S/C21H21FN2O3/c1-2-20(25)23-10-15-4-5-16(19(22)8-15)11-24-21(26)9-14-3-6-17-12-27-13-18(17)7-14/h2-8H,1,9-13H2,(H,23,25)(H,24,26). The van der Waals surface area contributed by atoms with Gasteiger partial charge in [0.25, 0.3) is 0 Å². The van der Waals surface area contributed by atoms with E-state index < -0.39 is 5.82 Å². The second kappa shape index (κ2) is 8.60. The number of halogens is 1. The highest BCUT2D eigenvalue weighted by Gasteiger charge is 2.13. The Labute approximate surface area is 157 Å². The number of rotatable bonds is 7. The predicted molar refractivity (Wildman–Crippen MR) is 98.9 cm³/mol. The van der Waals surface area contributed by atoms with E-state index in [1.54, 1.807) is 12.1 Å². The summed E-state index contributed by atoms with van der Waals surface area (Å²) >= 11 is 0. The Morgan fingerprint density at radius 3 is 2.59 bits per heavy atom. The molecule has 0 spiro atoms. The number of carbonyl (C=O) groups excluding carboxylic acids is 2. The van der Waals surface area contributed by atoms with Gasteiger partial charge >= 0.3 is 0 Å². The second-order valence-electron chi connectivity index (χ2n) is 6.40. The van der Waals surface area contributed by atoms with Crippen molar-refractivity contribution in [3.05, 3.63) is 82.7 Å². The van der Waals surface area contributed by atoms with Gasteiger partial charge in [0.05, 0.1) is 19.6 Å². The van der Waals surface area contributed by atoms with Crippen LogP contribution in [-0.4, -0.2) is 11.8 Å². The maximum Gasteiger partial charge on any atom is 0.243 e. The third kappa shape index (κ3) is 5.01. The van der Waals surface area contributed by atoms with Crippen molar-refractivity contribution in [2.45, 2.75) is 32.7 Å². The molecule has 0 bridgehead atoms. The van der Waals surface area contributed by atoms with Crippen LogP contribution < -0.4 is 10.6 Å². The van der Waals surface area contributed by atoms with Crippen molar-refractivity contribution in [1.82, 2.24) is 10.6 Å². The van der Waals surface area contributed by atoms with Crippen molar-refractivity contribution in [2.75, 3.05) is 0 Å². The lowest BCUT2D eigenvalue weighted by Crippen LogP contribution is -2.25. The minimum atomic E-state index is -0.421. The lowest BCUT2D eigenvalue weighted by Gasteiger charge is -2.09. The third-order valence-electron chi connectivity index (χ3n) is 4.40. The Bertz CT molecular complexity index is 880. The topological polar surface area (TPSA) is 67.4 Å². The highest BCUT2D eigenvalue weighted by atomic mass is 19.1. The zero-order valence-corrected chi connectivity index (χ0v) is 14.9. The molecule has 2 aromatic rings. The summed E-state index contributed by atoms with van der Waals surface area (Å²) in [4.78, 5) is 23.3. The van der Waals surface area contributed by atoms with E-state index in [0.717, 1.165) is 22.8 Å². The minimum absolute atomic E-state index is 0.109. The van der Waals surface area contributed by atoms with Gasteiger partial charge in [-0.05, 0) is 34.4 Å². The lowest BCUT2D eigenvalue weighted by molar-refractivity contribution is -0.120. The largest absolute Gasteiger partial charge is 0.372 e. The summed E-state index contributed by atoms with van der Waals surface area (Å²) in [6.07, 6.45) is 1.40. The number of fused-ring (bicyclic) bond motifs is 1. The zero-order chi connectivity index (χ0) is 19.2. The maximum atomic E-state index is 14.2. The summed E-state index contributed by atoms with van der Waals surface area (Å²) in [6, 6.07) is 10.6. The number of carbonyl (C=O) groups is 2. The molecule has 0 unspecified atom stereocenters. The highest BCUT2D eigenvalue weighted by molar-refractivity contribution is 5.86. The molecule has 0 radical (unpaired) electrons. The van der Waals surface area contributed by atoms with E-state index in [1.165, 1.54) is 6.07 Å². The number of hydrogen-bond donors (Lipinski definition) is 2. The Hall–Kier alpha value is -2.99. The molecule has 0 aromatic heterocycles. The predicted octanol–water partition coefficient (Wildman–Crippen LogP) is 2.52. The van der Waals surface area contributed by atoms with E-state index in [-0.39, 0.29) is 31.3 Å². The van der Waals surface area contributed by atoms with Gasteiger partial charge in [0.1, 0.15) is 5.82 Å². The molecule has 0 atom stereocenters. The van der Waals surface area contributed by atoms with Gasteiger partial charge in [-0.1, -0.05) is 36.9 Å². The van der Waals surface area contributed by atoms with Gasteiger partial charge in [0.2, 0.25) is 11.8 Å². The van der Waals surface area contributed by atoms with Crippen molar-refractivity contribution >= 4 is 11.8 Å². The molecule has 2 N–H and O–H groups in total. The zero-order valence-electron chi connectivity index (χ0n) is 14.9. The summed E-state index contributed by atoms with van der Waals surface area (Å²) < 4.78 is 19.6. The van der Waals surface area contributed by atoms with Crippen LogP contribution in [-0.2, 0) is 47.1 Å². The molecule has 1 aliphatic heterocycles. The third-order valence-corrected chi connectivity index (χ3v) is 4.40. The Morgan fingerprint density at radius 1 is 1.04 bits per heavy atom. The van der Waals surface area contributed by atoms with Gasteiger partial charge in [-0.25, -0.2) is 4.39 Å². The van der Waals surface area contributed by atoms with Crippen molar-refractivity contribution in [1.29, 1.82) is 0 Å². The highest BCUT2D eigenvalue weighted by Crippen LogP contribution is 2.21. The van der Waals surface area contributed by atoms with Crippen LogP contribution in [0.25, 0.3) is 0 Å². The summed E-state index contributed by atoms with van der Waals surface area (Å²) in [7, 11) is 0. The molecule has 5 nitrogen and oxygen atoms in total. The van der Waals surface area contributed by atoms with Crippen LogP contribution in [0.3, 0.4) is 0 Å². The average Bonchev–Trinajstić information content (AvgIpc) is 3.13. The minimum Gasteiger partial charge on any atom is -0.372 e. The average molecular weight is 368 g/mol. The molecule has 0 fully saturated rings. The molecule has 0 aliphatic carbocycles. The van der Waals surface area contributed by atoms with E-state index in [9.17, 15) is 14.0 Å². The van der Waals surface area contributed by atoms with Crippen LogP contribution in [0, 0.1) is 5.82 Å². The van der Waals surface area contributed by atoms with Gasteiger partial charge < -0.3 is 15.4 Å². The molecule has 2 aromatic carbocycles. The van der Waals surface area contributed by atoms with Gasteiger partial charge in [-0.15, -0.1) is 0 Å². The monoisotopic (exact) mass is 368 g/mol. The number of benzene rings is 2. The lowest BCUT2D eigenvalue weighted by atomic mass is 10.0. The van der Waals surface area contributed by atoms with Crippen LogP contribution in [0.2, 0.25) is 0 Å². The molecule has 6 heteroatoms. The first kappa shape index (κ1) is 18.8. The normalized spacial score (nSPS) is 12.3. The Balaban J connectivity index is 1.52. The Morgan fingerprint density at radius 2 is 1.81 bits per heavy atom. The molecule has 1 heterocycles. The van der Waals surface area contributed by atoms with Gasteiger partial charge in [-0.2, -0.15) is 0 Å². The summed E-state index contributed by atoms with van der Waals surface area (Å²) in [5.74, 6) is -0.907. The summed E-state index contributed by atoms with van der Waals surface area (Å²) in [5, 5.41) is 5.33. The Kier molecular flexibility index (Phi) is 5.98. The van der Waals surface area contributed by atoms with Crippen LogP contribution in [0.1, 0.15) is 27.8 Å². The van der Waals surface area contributed by atoms with E-state index in [4.69, 9.17) is 4.74 Å². The molecule has 140 valence electrons. The first-order chi connectivity index (χ1) is 13.0. The SMILES string of the molecule is C=CC(=O)NCc1ccc(CNC(=O)Cc2ccc3c(c2)COC3)c(F)c1. The molecule has 0 saturated carbocycles. The molecule has 27 heavy (non-hydrogen) atoms. The number of ether oxygens (including phenoxy) is 1. The molecule has 2 amide bonds. The molecule has 0 saturated heterocycles. The summed E-state index contributed by atoms with van der Waals surface area (Å²) in [6.45, 7) is 4.89. The van der Waals surface area contributed by atoms with E-state index in [2.05, 4.69) is 17.2 Å². The van der Waals surface area contributed by atoms with Gasteiger partial charge in [-0.3, -0.25) is 9.59 Å². The van der Waals surface area contributed by atoms with E-state index in [0.29, 0.717) is 24.3 Å². The first-order valence-electron chi connectivity index (χ1n) is 8.68. The fourth-order valence-corrected chi connectivity index (χ4v) is 2.88. The van der Waals surface area contributed by atoms with Gasteiger partial charge in [0, 0.05) is 18.7 Å². The summed E-state index contributed by atoms with van der Waals surface area (Å²) in [5.41, 5.74) is 4.21. The van der Waals surface area contributed by atoms with Crippen LogP contribution >= 0.6 is 0 Å². The first-order valence-corrected chi connectivity index (χ1v) is 8.68. The molecule has 1 aliphatic rings. The number of amides is 2. The second-order valence-corrected chi connectivity index (χ2v) is 6.40. The van der Waals surface area contributed by atoms with E-state index in [1.807, 2.05) is 18.2 Å².